The Labute approximate surface area is 122 Å². The molecule has 1 aromatic rings. The van der Waals surface area contributed by atoms with E-state index in [0.717, 1.165) is 10.0 Å². The Bertz CT molecular complexity index is 458. The van der Waals surface area contributed by atoms with Gasteiger partial charge < -0.3 is 15.2 Å². The van der Waals surface area contributed by atoms with Gasteiger partial charge in [-0.1, -0.05) is 15.9 Å². The van der Waals surface area contributed by atoms with Gasteiger partial charge in [0, 0.05) is 16.1 Å². The van der Waals surface area contributed by atoms with Crippen LogP contribution in [-0.2, 0) is 9.53 Å². The number of benzene rings is 1. The zero-order chi connectivity index (χ0) is 14.6. The van der Waals surface area contributed by atoms with E-state index in [1.807, 2.05) is 25.1 Å². The summed E-state index contributed by atoms with van der Waals surface area (Å²) in [6.45, 7) is 5.69. The van der Waals surface area contributed by atoms with E-state index in [9.17, 15) is 4.79 Å². The quantitative estimate of drug-likeness (QED) is 0.843. The molecule has 0 saturated carbocycles. The molecule has 0 heterocycles. The second-order valence-corrected chi connectivity index (χ2v) is 6.05. The van der Waals surface area contributed by atoms with Crippen molar-refractivity contribution in [3.63, 3.8) is 0 Å². The Morgan fingerprint density at radius 2 is 2.11 bits per heavy atom. The van der Waals surface area contributed by atoms with Crippen LogP contribution in [0.1, 0.15) is 32.4 Å². The Balaban J connectivity index is 2.86. The number of carbonyl (C=O) groups is 1. The highest BCUT2D eigenvalue weighted by atomic mass is 79.9. The number of carbonyl (C=O) groups excluding carboxylic acids is 1. The second-order valence-electron chi connectivity index (χ2n) is 5.13. The van der Waals surface area contributed by atoms with E-state index in [0.29, 0.717) is 5.75 Å². The molecule has 0 radical (unpaired) electrons. The maximum absolute atomic E-state index is 11.6. The maximum atomic E-state index is 11.6. The molecule has 0 amide bonds. The number of ether oxygens (including phenoxy) is 2. The second kappa shape index (κ2) is 6.39. The first-order valence-electron chi connectivity index (χ1n) is 6.04. The minimum atomic E-state index is -0.697. The molecule has 1 unspecified atom stereocenters. The summed E-state index contributed by atoms with van der Waals surface area (Å²) in [6, 6.07) is 5.50. The number of rotatable bonds is 5. The Hall–Kier alpha value is -1.07. The molecule has 0 spiro atoms. The van der Waals surface area contributed by atoms with Gasteiger partial charge in [-0.2, -0.15) is 0 Å². The highest BCUT2D eigenvalue weighted by Crippen LogP contribution is 2.29. The smallest absolute Gasteiger partial charge is 0.314 e. The number of nitrogens with two attached hydrogens (primary N) is 1. The molecule has 0 saturated heterocycles. The van der Waals surface area contributed by atoms with Crippen LogP contribution in [0, 0.1) is 5.41 Å². The summed E-state index contributed by atoms with van der Waals surface area (Å²) >= 11 is 3.40. The predicted molar refractivity (Wildman–Crippen MR) is 78.0 cm³/mol. The van der Waals surface area contributed by atoms with Gasteiger partial charge >= 0.3 is 5.97 Å². The summed E-state index contributed by atoms with van der Waals surface area (Å²) < 4.78 is 11.4. The van der Waals surface area contributed by atoms with E-state index in [-0.39, 0.29) is 18.6 Å². The lowest BCUT2D eigenvalue weighted by molar-refractivity contribution is -0.152. The number of hydrogen-bond donors (Lipinski definition) is 1. The van der Waals surface area contributed by atoms with Crippen molar-refractivity contribution in [1.29, 1.82) is 0 Å². The minimum absolute atomic E-state index is 0.145. The molecule has 1 rings (SSSR count). The van der Waals surface area contributed by atoms with Gasteiger partial charge in [-0.3, -0.25) is 4.79 Å². The molecule has 0 aliphatic carbocycles. The summed E-state index contributed by atoms with van der Waals surface area (Å²) in [5.41, 5.74) is 6.12. The summed E-state index contributed by atoms with van der Waals surface area (Å²) in [6.07, 6.45) is 0. The predicted octanol–water partition coefficient (Wildman–Crippen LogP) is 3.05. The zero-order valence-corrected chi connectivity index (χ0v) is 13.3. The summed E-state index contributed by atoms with van der Waals surface area (Å²) in [4.78, 5) is 11.6. The van der Waals surface area contributed by atoms with Crippen LogP contribution in [0.3, 0.4) is 0 Å². The first-order chi connectivity index (χ1) is 8.77. The van der Waals surface area contributed by atoms with E-state index in [2.05, 4.69) is 15.9 Å². The lowest BCUT2D eigenvalue weighted by Gasteiger charge is -2.23. The standard InChI is InChI=1S/C14H20BrNO3/c1-9(16)11-7-10(15)5-6-12(11)19-8-14(2,3)13(17)18-4/h5-7,9H,8,16H2,1-4H3. The van der Waals surface area contributed by atoms with Crippen molar-refractivity contribution >= 4 is 21.9 Å². The molecule has 1 aromatic carbocycles. The van der Waals surface area contributed by atoms with Crippen molar-refractivity contribution in [2.75, 3.05) is 13.7 Å². The van der Waals surface area contributed by atoms with Crippen molar-refractivity contribution < 1.29 is 14.3 Å². The molecular formula is C14H20BrNO3. The lowest BCUT2D eigenvalue weighted by atomic mass is 9.95. The molecule has 2 N–H and O–H groups in total. The van der Waals surface area contributed by atoms with Gasteiger partial charge in [-0.25, -0.2) is 0 Å². The molecule has 0 bridgehead atoms. The van der Waals surface area contributed by atoms with Gasteiger partial charge in [0.2, 0.25) is 0 Å². The molecule has 0 fully saturated rings. The van der Waals surface area contributed by atoms with Crippen LogP contribution in [0.2, 0.25) is 0 Å². The van der Waals surface area contributed by atoms with Crippen LogP contribution in [-0.4, -0.2) is 19.7 Å². The van der Waals surface area contributed by atoms with Gasteiger partial charge in [0.1, 0.15) is 12.4 Å². The summed E-state index contributed by atoms with van der Waals surface area (Å²) in [7, 11) is 1.37. The number of methoxy groups -OCH3 is 1. The van der Waals surface area contributed by atoms with Crippen molar-refractivity contribution in [3.05, 3.63) is 28.2 Å². The number of esters is 1. The Kier molecular flexibility index (Phi) is 5.38. The largest absolute Gasteiger partial charge is 0.492 e. The van der Waals surface area contributed by atoms with Gasteiger partial charge in [-0.15, -0.1) is 0 Å². The van der Waals surface area contributed by atoms with E-state index < -0.39 is 5.41 Å². The minimum Gasteiger partial charge on any atom is -0.492 e. The average Bonchev–Trinajstić information content (AvgIpc) is 2.36. The van der Waals surface area contributed by atoms with Crippen LogP contribution in [0.15, 0.2) is 22.7 Å². The fourth-order valence-corrected chi connectivity index (χ4v) is 1.98. The number of hydrogen-bond acceptors (Lipinski definition) is 4. The van der Waals surface area contributed by atoms with Crippen LogP contribution in [0.5, 0.6) is 5.75 Å². The fourth-order valence-electron chi connectivity index (χ4n) is 1.60. The number of halogens is 1. The molecule has 19 heavy (non-hydrogen) atoms. The van der Waals surface area contributed by atoms with E-state index in [1.165, 1.54) is 7.11 Å². The van der Waals surface area contributed by atoms with E-state index >= 15 is 0 Å². The average molecular weight is 330 g/mol. The highest BCUT2D eigenvalue weighted by molar-refractivity contribution is 9.10. The van der Waals surface area contributed by atoms with Crippen molar-refractivity contribution in [3.8, 4) is 5.75 Å². The summed E-state index contributed by atoms with van der Waals surface area (Å²) in [5, 5.41) is 0. The van der Waals surface area contributed by atoms with Crippen LogP contribution >= 0.6 is 15.9 Å². The molecular weight excluding hydrogens is 310 g/mol. The lowest BCUT2D eigenvalue weighted by Crippen LogP contribution is -2.32. The van der Waals surface area contributed by atoms with Crippen LogP contribution in [0.4, 0.5) is 0 Å². The fraction of sp³-hybridized carbons (Fsp3) is 0.500. The van der Waals surface area contributed by atoms with Gasteiger partial charge in [-0.05, 0) is 39.0 Å². The van der Waals surface area contributed by atoms with Gasteiger partial charge in [0.15, 0.2) is 0 Å². The van der Waals surface area contributed by atoms with Crippen LogP contribution in [0.25, 0.3) is 0 Å². The van der Waals surface area contributed by atoms with E-state index in [1.54, 1.807) is 13.8 Å². The monoisotopic (exact) mass is 329 g/mol. The Morgan fingerprint density at radius 1 is 1.47 bits per heavy atom. The molecule has 0 aliphatic heterocycles. The summed E-state index contributed by atoms with van der Waals surface area (Å²) in [5.74, 6) is 0.391. The molecule has 0 aliphatic rings. The third-order valence-corrected chi connectivity index (χ3v) is 3.28. The van der Waals surface area contributed by atoms with Gasteiger partial charge in [0.25, 0.3) is 0 Å². The normalized spacial score (nSPS) is 12.9. The van der Waals surface area contributed by atoms with E-state index in [4.69, 9.17) is 15.2 Å². The zero-order valence-electron chi connectivity index (χ0n) is 11.7. The van der Waals surface area contributed by atoms with Crippen LogP contribution < -0.4 is 10.5 Å². The molecule has 0 aromatic heterocycles. The maximum Gasteiger partial charge on any atom is 0.314 e. The van der Waals surface area contributed by atoms with Crippen molar-refractivity contribution in [1.82, 2.24) is 0 Å². The van der Waals surface area contributed by atoms with Crippen molar-refractivity contribution in [2.24, 2.45) is 11.1 Å². The SMILES string of the molecule is COC(=O)C(C)(C)COc1ccc(Br)cc1C(C)N. The molecule has 4 nitrogen and oxygen atoms in total. The molecule has 5 heteroatoms. The highest BCUT2D eigenvalue weighted by Gasteiger charge is 2.30. The first-order valence-corrected chi connectivity index (χ1v) is 6.83. The molecule has 106 valence electrons. The van der Waals surface area contributed by atoms with Gasteiger partial charge in [0.05, 0.1) is 12.5 Å². The first kappa shape index (κ1) is 16.0. The molecule has 1 atom stereocenters. The Morgan fingerprint density at radius 3 is 2.63 bits per heavy atom. The van der Waals surface area contributed by atoms with Crippen molar-refractivity contribution in [2.45, 2.75) is 26.8 Å². The topological polar surface area (TPSA) is 61.5 Å². The third kappa shape index (κ3) is 4.21. The third-order valence-electron chi connectivity index (χ3n) is 2.79.